The Hall–Kier alpha value is -3.74. The summed E-state index contributed by atoms with van der Waals surface area (Å²) in [6.45, 7) is 0. The van der Waals surface area contributed by atoms with Crippen LogP contribution in [-0.4, -0.2) is 33.7 Å². The first kappa shape index (κ1) is 15.8. The molecule has 0 atom stereocenters. The summed E-state index contributed by atoms with van der Waals surface area (Å²) in [5.74, 6) is 0.529. The standard InChI is InChI=1S/C19H14N4O3/c1-25-16-8-4-14(5-9-16)18-22-17(19(24)26-18)10-13-2-6-15(7-3-13)23-12-20-11-21-23/h2-12H,1H3/b17-10-. The molecular weight excluding hydrogens is 332 g/mol. The summed E-state index contributed by atoms with van der Waals surface area (Å²) < 4.78 is 12.0. The molecule has 7 heteroatoms. The molecule has 0 saturated carbocycles. The van der Waals surface area contributed by atoms with Crippen LogP contribution < -0.4 is 4.74 Å². The van der Waals surface area contributed by atoms with Gasteiger partial charge in [-0.25, -0.2) is 19.5 Å². The van der Waals surface area contributed by atoms with Gasteiger partial charge in [0.2, 0.25) is 5.90 Å². The number of rotatable bonds is 4. The highest BCUT2D eigenvalue weighted by Gasteiger charge is 2.24. The van der Waals surface area contributed by atoms with Crippen molar-refractivity contribution < 1.29 is 14.3 Å². The molecule has 0 fully saturated rings. The minimum atomic E-state index is -0.476. The minimum Gasteiger partial charge on any atom is -0.497 e. The van der Waals surface area contributed by atoms with Crippen molar-refractivity contribution in [3.63, 3.8) is 0 Å². The second-order valence-electron chi connectivity index (χ2n) is 5.50. The molecule has 1 aliphatic heterocycles. The fourth-order valence-electron chi connectivity index (χ4n) is 2.49. The molecule has 0 amide bonds. The van der Waals surface area contributed by atoms with Crippen LogP contribution in [-0.2, 0) is 9.53 Å². The molecule has 0 saturated heterocycles. The lowest BCUT2D eigenvalue weighted by atomic mass is 10.2. The number of carbonyl (C=O) groups is 1. The highest BCUT2D eigenvalue weighted by Crippen LogP contribution is 2.21. The van der Waals surface area contributed by atoms with Crippen molar-refractivity contribution in [1.29, 1.82) is 0 Å². The summed E-state index contributed by atoms with van der Waals surface area (Å²) in [5, 5.41) is 4.07. The van der Waals surface area contributed by atoms with Gasteiger partial charge in [0.15, 0.2) is 5.70 Å². The summed E-state index contributed by atoms with van der Waals surface area (Å²) >= 11 is 0. The first-order chi connectivity index (χ1) is 12.7. The van der Waals surface area contributed by atoms with Crippen LogP contribution in [0.25, 0.3) is 11.8 Å². The molecule has 2 aromatic carbocycles. The third-order valence-corrected chi connectivity index (χ3v) is 3.84. The number of ether oxygens (including phenoxy) is 2. The van der Waals surface area contributed by atoms with Gasteiger partial charge in [-0.1, -0.05) is 12.1 Å². The van der Waals surface area contributed by atoms with Crippen LogP contribution in [0.4, 0.5) is 0 Å². The number of methoxy groups -OCH3 is 1. The number of cyclic esters (lactones) is 1. The molecule has 0 spiro atoms. The highest BCUT2D eigenvalue weighted by atomic mass is 16.6. The maximum Gasteiger partial charge on any atom is 0.363 e. The zero-order valence-electron chi connectivity index (χ0n) is 13.9. The van der Waals surface area contributed by atoms with Gasteiger partial charge in [-0.2, -0.15) is 5.10 Å². The topological polar surface area (TPSA) is 78.6 Å². The lowest BCUT2D eigenvalue weighted by Crippen LogP contribution is -2.05. The number of hydrogen-bond acceptors (Lipinski definition) is 6. The molecule has 3 aromatic rings. The maximum absolute atomic E-state index is 12.1. The zero-order chi connectivity index (χ0) is 17.9. The molecule has 2 heterocycles. The van der Waals surface area contributed by atoms with E-state index in [1.807, 2.05) is 24.3 Å². The summed E-state index contributed by atoms with van der Waals surface area (Å²) in [6.07, 6.45) is 4.77. The van der Waals surface area contributed by atoms with E-state index >= 15 is 0 Å². The molecule has 0 N–H and O–H groups in total. The zero-order valence-corrected chi connectivity index (χ0v) is 13.9. The van der Waals surface area contributed by atoms with Crippen molar-refractivity contribution in [2.24, 2.45) is 4.99 Å². The van der Waals surface area contributed by atoms with E-state index in [0.29, 0.717) is 5.56 Å². The molecule has 0 unspecified atom stereocenters. The van der Waals surface area contributed by atoms with Crippen LogP contribution in [0.2, 0.25) is 0 Å². The average Bonchev–Trinajstić information content (AvgIpc) is 3.33. The Morgan fingerprint density at radius 3 is 2.50 bits per heavy atom. The third kappa shape index (κ3) is 3.10. The van der Waals surface area contributed by atoms with Crippen LogP contribution >= 0.6 is 0 Å². The van der Waals surface area contributed by atoms with Gasteiger partial charge in [-0.3, -0.25) is 0 Å². The first-order valence-electron chi connectivity index (χ1n) is 7.85. The van der Waals surface area contributed by atoms with Crippen molar-refractivity contribution in [2.75, 3.05) is 7.11 Å². The van der Waals surface area contributed by atoms with Crippen molar-refractivity contribution in [3.05, 3.63) is 78.0 Å². The van der Waals surface area contributed by atoms with Crippen molar-refractivity contribution >= 4 is 17.9 Å². The fraction of sp³-hybridized carbons (Fsp3) is 0.0526. The quantitative estimate of drug-likeness (QED) is 0.536. The molecule has 128 valence electrons. The Morgan fingerprint density at radius 1 is 1.08 bits per heavy atom. The number of aliphatic imine (C=N–C) groups is 1. The Morgan fingerprint density at radius 2 is 1.85 bits per heavy atom. The normalized spacial score (nSPS) is 15.0. The molecule has 0 bridgehead atoms. The van der Waals surface area contributed by atoms with Gasteiger partial charge in [0, 0.05) is 5.56 Å². The van der Waals surface area contributed by atoms with Gasteiger partial charge in [0.25, 0.3) is 0 Å². The summed E-state index contributed by atoms with van der Waals surface area (Å²) in [7, 11) is 1.59. The summed E-state index contributed by atoms with van der Waals surface area (Å²) in [5.41, 5.74) is 2.68. The van der Waals surface area contributed by atoms with E-state index in [1.165, 1.54) is 6.33 Å². The molecular formula is C19H14N4O3. The van der Waals surface area contributed by atoms with Gasteiger partial charge >= 0.3 is 5.97 Å². The van der Waals surface area contributed by atoms with E-state index in [1.54, 1.807) is 48.5 Å². The predicted molar refractivity (Wildman–Crippen MR) is 95.0 cm³/mol. The van der Waals surface area contributed by atoms with Crippen LogP contribution in [0, 0.1) is 0 Å². The van der Waals surface area contributed by atoms with Gasteiger partial charge in [-0.15, -0.1) is 0 Å². The smallest absolute Gasteiger partial charge is 0.363 e. The van der Waals surface area contributed by atoms with Crippen LogP contribution in [0.1, 0.15) is 11.1 Å². The third-order valence-electron chi connectivity index (χ3n) is 3.84. The Balaban J connectivity index is 1.58. The van der Waals surface area contributed by atoms with E-state index in [0.717, 1.165) is 17.0 Å². The van der Waals surface area contributed by atoms with E-state index in [2.05, 4.69) is 15.1 Å². The molecule has 7 nitrogen and oxygen atoms in total. The lowest BCUT2D eigenvalue weighted by Gasteiger charge is -2.01. The number of carbonyl (C=O) groups excluding carboxylic acids is 1. The lowest BCUT2D eigenvalue weighted by molar-refractivity contribution is -0.129. The number of nitrogens with zero attached hydrogens (tertiary/aromatic N) is 4. The molecule has 26 heavy (non-hydrogen) atoms. The van der Waals surface area contributed by atoms with Gasteiger partial charge in [0.1, 0.15) is 18.4 Å². The second-order valence-corrected chi connectivity index (χ2v) is 5.50. The van der Waals surface area contributed by atoms with Gasteiger partial charge < -0.3 is 9.47 Å². The monoisotopic (exact) mass is 346 g/mol. The minimum absolute atomic E-state index is 0.254. The molecule has 0 radical (unpaired) electrons. The molecule has 4 rings (SSSR count). The first-order valence-corrected chi connectivity index (χ1v) is 7.85. The number of hydrogen-bond donors (Lipinski definition) is 0. The van der Waals surface area contributed by atoms with Crippen molar-refractivity contribution in [1.82, 2.24) is 14.8 Å². The fourth-order valence-corrected chi connectivity index (χ4v) is 2.49. The summed E-state index contributed by atoms with van der Waals surface area (Å²) in [4.78, 5) is 20.3. The number of esters is 1. The average molecular weight is 346 g/mol. The van der Waals surface area contributed by atoms with Gasteiger partial charge in [0.05, 0.1) is 12.8 Å². The van der Waals surface area contributed by atoms with E-state index in [9.17, 15) is 4.79 Å². The molecule has 1 aromatic heterocycles. The van der Waals surface area contributed by atoms with Gasteiger partial charge in [-0.05, 0) is 48.0 Å². The Labute approximate surface area is 149 Å². The van der Waals surface area contributed by atoms with Crippen LogP contribution in [0.3, 0.4) is 0 Å². The Bertz CT molecular complexity index is 988. The van der Waals surface area contributed by atoms with Crippen LogP contribution in [0.15, 0.2) is 71.9 Å². The van der Waals surface area contributed by atoms with E-state index in [4.69, 9.17) is 9.47 Å². The maximum atomic E-state index is 12.1. The van der Waals surface area contributed by atoms with Crippen molar-refractivity contribution in [2.45, 2.75) is 0 Å². The number of benzene rings is 2. The van der Waals surface area contributed by atoms with Crippen molar-refractivity contribution in [3.8, 4) is 11.4 Å². The molecule has 0 aliphatic carbocycles. The predicted octanol–water partition coefficient (Wildman–Crippen LogP) is 2.62. The molecule has 1 aliphatic rings. The van der Waals surface area contributed by atoms with E-state index < -0.39 is 5.97 Å². The SMILES string of the molecule is COc1ccc(C2=N/C(=C\c3ccc(-n4cncn4)cc3)C(=O)O2)cc1. The van der Waals surface area contributed by atoms with E-state index in [-0.39, 0.29) is 11.6 Å². The second kappa shape index (κ2) is 6.64. The Kier molecular flexibility index (Phi) is 4.03. The number of aromatic nitrogens is 3. The summed E-state index contributed by atoms with van der Waals surface area (Å²) in [6, 6.07) is 14.7. The highest BCUT2D eigenvalue weighted by molar-refractivity contribution is 6.12. The van der Waals surface area contributed by atoms with Crippen LogP contribution in [0.5, 0.6) is 5.75 Å². The largest absolute Gasteiger partial charge is 0.497 e.